The molecule has 0 saturated heterocycles. The molecule has 146 valence electrons. The van der Waals surface area contributed by atoms with Crippen molar-refractivity contribution >= 4 is 15.7 Å². The molecule has 6 heteroatoms. The minimum Gasteiger partial charge on any atom is -0.496 e. The van der Waals surface area contributed by atoms with Gasteiger partial charge in [-0.2, -0.15) is 0 Å². The highest BCUT2D eigenvalue weighted by atomic mass is 32.2. The van der Waals surface area contributed by atoms with Crippen LogP contribution in [0.2, 0.25) is 0 Å². The van der Waals surface area contributed by atoms with E-state index in [1.165, 1.54) is 6.08 Å². The molecule has 4 rings (SSSR count). The molecule has 2 aromatic rings. The molecule has 0 aromatic heterocycles. The first-order chi connectivity index (χ1) is 13.5. The number of hydrogen-bond acceptors (Lipinski definition) is 4. The van der Waals surface area contributed by atoms with Gasteiger partial charge in [0.2, 0.25) is 10.0 Å². The number of anilines is 1. The molecule has 3 atom stereocenters. The Balaban J connectivity index is 1.74. The van der Waals surface area contributed by atoms with Crippen molar-refractivity contribution in [3.05, 3.63) is 78.4 Å². The summed E-state index contributed by atoms with van der Waals surface area (Å²) < 4.78 is 33.2. The molecule has 28 heavy (non-hydrogen) atoms. The third kappa shape index (κ3) is 3.23. The molecule has 5 nitrogen and oxygen atoms in total. The number of hydrogen-bond donors (Lipinski definition) is 2. The molecular weight excluding hydrogens is 372 g/mol. The summed E-state index contributed by atoms with van der Waals surface area (Å²) in [5.74, 6) is 1.34. The quantitative estimate of drug-likeness (QED) is 0.725. The lowest BCUT2D eigenvalue weighted by molar-refractivity contribution is 0.381. The molecular formula is C22H24N2O3S. The molecule has 3 unspecified atom stereocenters. The Morgan fingerprint density at radius 3 is 2.86 bits per heavy atom. The van der Waals surface area contributed by atoms with Crippen molar-refractivity contribution in [3.63, 3.8) is 0 Å². The van der Waals surface area contributed by atoms with E-state index in [1.807, 2.05) is 24.3 Å². The van der Waals surface area contributed by atoms with Gasteiger partial charge in [0.25, 0.3) is 0 Å². The summed E-state index contributed by atoms with van der Waals surface area (Å²) in [6.07, 6.45) is 6.85. The second-order valence-electron chi connectivity index (χ2n) is 7.11. The molecule has 0 fully saturated rings. The van der Waals surface area contributed by atoms with E-state index in [9.17, 15) is 8.42 Å². The lowest BCUT2D eigenvalue weighted by atomic mass is 9.77. The zero-order valence-electron chi connectivity index (χ0n) is 15.8. The number of nitrogens with one attached hydrogen (secondary N) is 2. The summed E-state index contributed by atoms with van der Waals surface area (Å²) in [5, 5.41) is 3.63. The Morgan fingerprint density at radius 2 is 2.07 bits per heavy atom. The van der Waals surface area contributed by atoms with Crippen LogP contribution >= 0.6 is 0 Å². The van der Waals surface area contributed by atoms with Gasteiger partial charge in [-0.05, 0) is 42.2 Å². The Kier molecular flexibility index (Phi) is 5.00. The van der Waals surface area contributed by atoms with Crippen molar-refractivity contribution in [2.24, 2.45) is 5.92 Å². The first-order valence-corrected chi connectivity index (χ1v) is 10.8. The fraction of sp³-hybridized carbons (Fsp3) is 0.273. The van der Waals surface area contributed by atoms with Crippen molar-refractivity contribution < 1.29 is 13.2 Å². The Hall–Kier alpha value is -2.57. The molecule has 0 radical (unpaired) electrons. The SMILES string of the molecule is C=CCNS(=O)(=O)c1ccc2c(c1)C1C=CCC1C(c1ccccc1OC)N2. The van der Waals surface area contributed by atoms with Crippen LogP contribution in [0.5, 0.6) is 5.75 Å². The summed E-state index contributed by atoms with van der Waals surface area (Å²) in [6, 6.07) is 13.5. The van der Waals surface area contributed by atoms with E-state index < -0.39 is 10.0 Å². The van der Waals surface area contributed by atoms with E-state index in [0.29, 0.717) is 5.92 Å². The van der Waals surface area contributed by atoms with Crippen LogP contribution in [0.3, 0.4) is 0 Å². The van der Waals surface area contributed by atoms with Crippen LogP contribution < -0.4 is 14.8 Å². The van der Waals surface area contributed by atoms with Crippen LogP contribution in [0, 0.1) is 5.92 Å². The van der Waals surface area contributed by atoms with Crippen LogP contribution in [0.15, 0.2) is 72.2 Å². The minimum absolute atomic E-state index is 0.102. The summed E-state index contributed by atoms with van der Waals surface area (Å²) in [5.41, 5.74) is 3.11. The monoisotopic (exact) mass is 396 g/mol. The highest BCUT2D eigenvalue weighted by Gasteiger charge is 2.39. The number of methoxy groups -OCH3 is 1. The highest BCUT2D eigenvalue weighted by Crippen LogP contribution is 2.51. The van der Waals surface area contributed by atoms with E-state index >= 15 is 0 Å². The molecule has 1 heterocycles. The largest absolute Gasteiger partial charge is 0.496 e. The molecule has 2 N–H and O–H groups in total. The fourth-order valence-corrected chi connectivity index (χ4v) is 5.26. The maximum absolute atomic E-state index is 12.5. The normalized spacial score (nSPS) is 22.8. The van der Waals surface area contributed by atoms with Crippen molar-refractivity contribution in [1.29, 1.82) is 0 Å². The Bertz CT molecular complexity index is 1030. The molecule has 2 aromatic carbocycles. The van der Waals surface area contributed by atoms with Crippen LogP contribution in [-0.2, 0) is 10.0 Å². The third-order valence-corrected chi connectivity index (χ3v) is 6.96. The van der Waals surface area contributed by atoms with Gasteiger partial charge in [0.15, 0.2) is 0 Å². The van der Waals surface area contributed by atoms with Gasteiger partial charge in [0.1, 0.15) is 5.75 Å². The molecule has 0 saturated carbocycles. The number of fused-ring (bicyclic) bond motifs is 3. The molecule has 1 aliphatic heterocycles. The molecule has 2 aliphatic rings. The molecule has 0 amide bonds. The number of allylic oxidation sites excluding steroid dienone is 2. The van der Waals surface area contributed by atoms with E-state index in [2.05, 4.69) is 34.8 Å². The third-order valence-electron chi connectivity index (χ3n) is 5.54. The Labute approximate surface area is 166 Å². The maximum atomic E-state index is 12.5. The molecule has 1 aliphatic carbocycles. The number of para-hydroxylation sites is 1. The summed E-state index contributed by atoms with van der Waals surface area (Å²) in [6.45, 7) is 3.77. The highest BCUT2D eigenvalue weighted by molar-refractivity contribution is 7.89. The second kappa shape index (κ2) is 7.45. The van der Waals surface area contributed by atoms with Crippen molar-refractivity contribution in [1.82, 2.24) is 4.72 Å². The Morgan fingerprint density at radius 1 is 1.25 bits per heavy atom. The predicted molar refractivity (Wildman–Crippen MR) is 111 cm³/mol. The van der Waals surface area contributed by atoms with Gasteiger partial charge in [0, 0.05) is 23.7 Å². The van der Waals surface area contributed by atoms with Crippen LogP contribution in [0.4, 0.5) is 5.69 Å². The van der Waals surface area contributed by atoms with Gasteiger partial charge in [-0.15, -0.1) is 6.58 Å². The zero-order valence-corrected chi connectivity index (χ0v) is 16.6. The fourth-order valence-electron chi connectivity index (χ4n) is 4.22. The van der Waals surface area contributed by atoms with E-state index in [1.54, 1.807) is 19.2 Å². The zero-order chi connectivity index (χ0) is 19.7. The van der Waals surface area contributed by atoms with E-state index in [0.717, 1.165) is 29.0 Å². The standard InChI is InChI=1S/C22H24N2O3S/c1-3-13-23-28(25,26)15-11-12-20-19(14-15)16-8-6-9-17(16)22(24-20)18-7-4-5-10-21(18)27-2/h3-8,10-12,14,16-17,22-24H,1,9,13H2,2H3. The maximum Gasteiger partial charge on any atom is 0.240 e. The smallest absolute Gasteiger partial charge is 0.240 e. The summed E-state index contributed by atoms with van der Waals surface area (Å²) in [4.78, 5) is 0.282. The lowest BCUT2D eigenvalue weighted by Crippen LogP contribution is -2.30. The second-order valence-corrected chi connectivity index (χ2v) is 8.87. The summed E-state index contributed by atoms with van der Waals surface area (Å²) >= 11 is 0. The van der Waals surface area contributed by atoms with Crippen LogP contribution in [-0.4, -0.2) is 22.1 Å². The van der Waals surface area contributed by atoms with Crippen molar-refractivity contribution in [3.8, 4) is 5.75 Å². The van der Waals surface area contributed by atoms with E-state index in [4.69, 9.17) is 4.74 Å². The minimum atomic E-state index is -3.55. The van der Waals surface area contributed by atoms with Gasteiger partial charge in [0.05, 0.1) is 18.0 Å². The van der Waals surface area contributed by atoms with Crippen LogP contribution in [0.1, 0.15) is 29.5 Å². The average Bonchev–Trinajstić information content (AvgIpc) is 3.21. The van der Waals surface area contributed by atoms with Gasteiger partial charge in [-0.3, -0.25) is 0 Å². The topological polar surface area (TPSA) is 67.4 Å². The van der Waals surface area contributed by atoms with Gasteiger partial charge in [-0.25, -0.2) is 13.1 Å². The molecule has 0 bridgehead atoms. The summed E-state index contributed by atoms with van der Waals surface area (Å²) in [7, 11) is -1.87. The number of rotatable bonds is 6. The first-order valence-electron chi connectivity index (χ1n) is 9.36. The average molecular weight is 397 g/mol. The number of benzene rings is 2. The van der Waals surface area contributed by atoms with Gasteiger partial charge >= 0.3 is 0 Å². The predicted octanol–water partition coefficient (Wildman–Crippen LogP) is 3.99. The van der Waals surface area contributed by atoms with Crippen molar-refractivity contribution in [2.45, 2.75) is 23.3 Å². The van der Waals surface area contributed by atoms with Gasteiger partial charge in [-0.1, -0.05) is 36.4 Å². The number of sulfonamides is 1. The van der Waals surface area contributed by atoms with Crippen LogP contribution in [0.25, 0.3) is 0 Å². The van der Waals surface area contributed by atoms with Crippen molar-refractivity contribution in [2.75, 3.05) is 19.0 Å². The first kappa shape index (κ1) is 18.8. The molecule has 0 spiro atoms. The number of ether oxygens (including phenoxy) is 1. The van der Waals surface area contributed by atoms with Gasteiger partial charge < -0.3 is 10.1 Å². The van der Waals surface area contributed by atoms with E-state index in [-0.39, 0.29) is 23.4 Å². The lowest BCUT2D eigenvalue weighted by Gasteiger charge is -2.38.